The molecule has 224 valence electrons. The second-order valence-corrected chi connectivity index (χ2v) is 11.4. The molecule has 2 amide bonds. The Labute approximate surface area is 278 Å². The van der Waals surface area contributed by atoms with Gasteiger partial charge in [-0.15, -0.1) is 28.3 Å². The van der Waals surface area contributed by atoms with Gasteiger partial charge in [0.05, 0.1) is 47.4 Å². The predicted octanol–water partition coefficient (Wildman–Crippen LogP) is 8.39. The highest BCUT2D eigenvalue weighted by atomic mass is 79.9. The van der Waals surface area contributed by atoms with E-state index in [9.17, 15) is 9.59 Å². The van der Waals surface area contributed by atoms with E-state index in [0.717, 1.165) is 16.8 Å². The van der Waals surface area contributed by atoms with Crippen molar-refractivity contribution < 1.29 is 19.1 Å². The molecule has 0 N–H and O–H groups in total. The van der Waals surface area contributed by atoms with Gasteiger partial charge in [0.15, 0.2) is 16.3 Å². The fourth-order valence-corrected chi connectivity index (χ4v) is 6.32. The number of halogens is 3. The maximum absolute atomic E-state index is 13.2. The average molecular weight is 711 g/mol. The second-order valence-electron chi connectivity index (χ2n) is 9.74. The van der Waals surface area contributed by atoms with Crippen LogP contribution in [-0.4, -0.2) is 30.6 Å². The lowest BCUT2D eigenvalue weighted by Gasteiger charge is -2.16. The van der Waals surface area contributed by atoms with Crippen molar-refractivity contribution >= 4 is 74.7 Å². The average Bonchev–Trinajstić information content (AvgIpc) is 3.54. The highest BCUT2D eigenvalue weighted by Gasteiger charge is 2.36. The Morgan fingerprint density at radius 3 is 2.25 bits per heavy atom. The number of amides is 2. The normalized spacial score (nSPS) is 12.7. The van der Waals surface area contributed by atoms with E-state index >= 15 is 0 Å². The number of fused-ring (bicyclic) bond motifs is 1. The van der Waals surface area contributed by atoms with Gasteiger partial charge in [-0.1, -0.05) is 53.5 Å². The first-order chi connectivity index (χ1) is 20.9. The van der Waals surface area contributed by atoms with Gasteiger partial charge in [-0.05, 0) is 66.6 Å². The van der Waals surface area contributed by atoms with Crippen LogP contribution in [0.3, 0.4) is 0 Å². The molecule has 0 unspecified atom stereocenters. The van der Waals surface area contributed by atoms with Gasteiger partial charge in [0.1, 0.15) is 0 Å². The molecule has 0 fully saturated rings. The zero-order chi connectivity index (χ0) is 30.1. The number of hydrogen-bond donors (Lipinski definition) is 0. The Morgan fingerprint density at radius 1 is 0.818 bits per heavy atom. The van der Waals surface area contributed by atoms with E-state index in [1.165, 1.54) is 16.2 Å². The summed E-state index contributed by atoms with van der Waals surface area (Å²) in [7, 11) is 3.22. The molecule has 1 aliphatic heterocycles. The Bertz CT molecular complexity index is 1920. The van der Waals surface area contributed by atoms with Crippen LogP contribution in [0.4, 0.5) is 11.4 Å². The molecule has 2 heterocycles. The summed E-state index contributed by atoms with van der Waals surface area (Å²) in [5.74, 6) is 0.637. The molecule has 0 aliphatic carbocycles. The molecule has 0 saturated heterocycles. The van der Waals surface area contributed by atoms with Crippen LogP contribution in [0.5, 0.6) is 11.5 Å². The van der Waals surface area contributed by atoms with E-state index in [0.29, 0.717) is 61.8 Å². The van der Waals surface area contributed by atoms with Gasteiger partial charge in [0, 0.05) is 22.5 Å². The molecule has 0 spiro atoms. The lowest BCUT2D eigenvalue weighted by molar-refractivity contribution is 0.0926. The van der Waals surface area contributed by atoms with Crippen LogP contribution in [0.1, 0.15) is 26.3 Å². The Balaban J connectivity index is 0.00000384. The highest BCUT2D eigenvalue weighted by Crippen LogP contribution is 2.33. The van der Waals surface area contributed by atoms with E-state index in [-0.39, 0.29) is 28.8 Å². The van der Waals surface area contributed by atoms with Gasteiger partial charge in [-0.3, -0.25) is 9.59 Å². The monoisotopic (exact) mass is 709 g/mol. The summed E-state index contributed by atoms with van der Waals surface area (Å²) in [5.41, 5.74) is 4.61. The summed E-state index contributed by atoms with van der Waals surface area (Å²) in [6, 6.07) is 25.3. The lowest BCUT2D eigenvalue weighted by Crippen LogP contribution is -2.29. The minimum Gasteiger partial charge on any atom is -0.493 e. The van der Waals surface area contributed by atoms with Crippen molar-refractivity contribution in [1.82, 2.24) is 4.57 Å². The number of aromatic nitrogens is 1. The molecule has 7 nitrogen and oxygen atoms in total. The van der Waals surface area contributed by atoms with Gasteiger partial charge in [-0.2, -0.15) is 0 Å². The number of ether oxygens (including phenoxy) is 2. The number of carbonyl (C=O) groups is 2. The molecule has 5 aromatic rings. The summed E-state index contributed by atoms with van der Waals surface area (Å²) in [6.07, 6.45) is 0.665. The molecule has 4 aromatic carbocycles. The van der Waals surface area contributed by atoms with Crippen molar-refractivity contribution in [3.63, 3.8) is 0 Å². The summed E-state index contributed by atoms with van der Waals surface area (Å²) in [6.45, 7) is 0.572. The van der Waals surface area contributed by atoms with Crippen LogP contribution in [0.2, 0.25) is 10.0 Å². The zero-order valence-electron chi connectivity index (χ0n) is 23.6. The number of carbonyl (C=O) groups excluding carboxylic acids is 2. The quantitative estimate of drug-likeness (QED) is 0.152. The van der Waals surface area contributed by atoms with E-state index < -0.39 is 0 Å². The second kappa shape index (κ2) is 13.4. The highest BCUT2D eigenvalue weighted by molar-refractivity contribution is 8.93. The summed E-state index contributed by atoms with van der Waals surface area (Å²) in [4.78, 5) is 33.2. The lowest BCUT2D eigenvalue weighted by atomic mass is 10.1. The van der Waals surface area contributed by atoms with E-state index in [2.05, 4.69) is 4.57 Å². The van der Waals surface area contributed by atoms with Gasteiger partial charge in [-0.25, -0.2) is 9.89 Å². The van der Waals surface area contributed by atoms with Crippen LogP contribution in [-0.2, 0) is 13.0 Å². The summed E-state index contributed by atoms with van der Waals surface area (Å²) in [5, 5.41) is 3.02. The summed E-state index contributed by atoms with van der Waals surface area (Å²) >= 11 is 14.2. The molecule has 1 aromatic heterocycles. The minimum absolute atomic E-state index is 0. The summed E-state index contributed by atoms with van der Waals surface area (Å²) < 4.78 is 13.0. The Hall–Kier alpha value is -3.89. The zero-order valence-corrected chi connectivity index (χ0v) is 27.7. The number of anilines is 1. The van der Waals surface area contributed by atoms with Crippen LogP contribution < -0.4 is 19.2 Å². The molecule has 11 heteroatoms. The first-order valence-corrected chi connectivity index (χ1v) is 15.0. The van der Waals surface area contributed by atoms with E-state index in [4.69, 9.17) is 37.7 Å². The van der Waals surface area contributed by atoms with Crippen molar-refractivity contribution in [3.8, 4) is 22.8 Å². The topological polar surface area (TPSA) is 73.1 Å². The van der Waals surface area contributed by atoms with Crippen molar-refractivity contribution in [2.75, 3.05) is 19.1 Å². The first kappa shape index (κ1) is 31.5. The molecular formula is C33H26BrCl2N3O4S. The molecule has 0 bridgehead atoms. The number of aryl methyl sites for hydroxylation is 1. The fraction of sp³-hybridized carbons (Fsp3) is 0.121. The van der Waals surface area contributed by atoms with Crippen molar-refractivity contribution in [2.24, 2.45) is 4.99 Å². The molecule has 1 aliphatic rings. The number of rotatable bonds is 8. The Kier molecular flexibility index (Phi) is 9.60. The fourth-order valence-electron chi connectivity index (χ4n) is 5.05. The van der Waals surface area contributed by atoms with Gasteiger partial charge < -0.3 is 14.0 Å². The van der Waals surface area contributed by atoms with Crippen LogP contribution >= 0.6 is 51.5 Å². The molecule has 6 rings (SSSR count). The predicted molar refractivity (Wildman–Crippen MR) is 181 cm³/mol. The first-order valence-electron chi connectivity index (χ1n) is 13.3. The third kappa shape index (κ3) is 6.05. The number of benzene rings is 4. The number of hydrogen-bond acceptors (Lipinski definition) is 6. The van der Waals surface area contributed by atoms with Gasteiger partial charge >= 0.3 is 0 Å². The molecular weight excluding hydrogens is 685 g/mol. The minimum atomic E-state index is -0.337. The number of imide groups is 1. The van der Waals surface area contributed by atoms with Crippen molar-refractivity contribution in [3.05, 3.63) is 122 Å². The van der Waals surface area contributed by atoms with Gasteiger partial charge in [0.2, 0.25) is 0 Å². The number of nitrogens with zero attached hydrogens (tertiary/aromatic N) is 3. The van der Waals surface area contributed by atoms with E-state index in [1.54, 1.807) is 62.8 Å². The smallest absolute Gasteiger partial charge is 0.266 e. The van der Waals surface area contributed by atoms with Crippen molar-refractivity contribution in [2.45, 2.75) is 13.0 Å². The van der Waals surface area contributed by atoms with Crippen molar-refractivity contribution in [1.29, 1.82) is 0 Å². The SMILES string of the molecule is Br.COc1ccc(CCn2c(-c3cccc(N4C(=O)c5ccccc5C4=O)c3)csc2=Nc2cc(Cl)ccc2Cl)cc1OC. The molecule has 44 heavy (non-hydrogen) atoms. The standard InChI is InChI=1S/C33H25Cl2N3O4S.BrH/c1-41-29-13-10-20(16-30(29)42-2)14-15-37-28(19-43-33(37)36-27-18-22(34)11-12-26(27)35)21-6-5-7-23(17-21)38-31(39)24-8-3-4-9-25(24)32(38)40;/h3-13,16-19H,14-15H2,1-2H3;1H. The largest absolute Gasteiger partial charge is 0.493 e. The number of methoxy groups -OCH3 is 2. The third-order valence-electron chi connectivity index (χ3n) is 7.19. The van der Waals surface area contributed by atoms with Gasteiger partial charge in [0.25, 0.3) is 11.8 Å². The third-order valence-corrected chi connectivity index (χ3v) is 8.61. The molecule has 0 saturated carbocycles. The van der Waals surface area contributed by atoms with Crippen LogP contribution in [0.25, 0.3) is 11.3 Å². The number of thiazole rings is 1. The van der Waals surface area contributed by atoms with Crippen LogP contribution in [0.15, 0.2) is 95.3 Å². The molecule has 0 atom stereocenters. The Morgan fingerprint density at radius 2 is 1.55 bits per heavy atom. The maximum atomic E-state index is 13.2. The maximum Gasteiger partial charge on any atom is 0.266 e. The van der Waals surface area contributed by atoms with E-state index in [1.807, 2.05) is 41.8 Å². The molecule has 0 radical (unpaired) electrons. The van der Waals surface area contributed by atoms with Crippen LogP contribution in [0, 0.1) is 0 Å².